The summed E-state index contributed by atoms with van der Waals surface area (Å²) in [5.41, 5.74) is 10.6. The van der Waals surface area contributed by atoms with Gasteiger partial charge in [-0.05, 0) is 58.7 Å². The zero-order chi connectivity index (χ0) is 40.5. The van der Waals surface area contributed by atoms with Crippen LogP contribution in [0.4, 0.5) is 0 Å². The van der Waals surface area contributed by atoms with E-state index in [1.54, 1.807) is 42.9 Å². The largest absolute Gasteiger partial charge is 0.276 e. The van der Waals surface area contributed by atoms with Crippen molar-refractivity contribution in [2.45, 2.75) is 0 Å². The minimum absolute atomic E-state index is 0.261. The van der Waals surface area contributed by atoms with Crippen molar-refractivity contribution >= 4 is 60.5 Å². The molecule has 0 aliphatic rings. The molecular formula is C50H24N10. The molecule has 0 spiro atoms. The summed E-state index contributed by atoms with van der Waals surface area (Å²) in [6.45, 7) is 0. The van der Waals surface area contributed by atoms with Crippen LogP contribution in [0.15, 0.2) is 146 Å². The van der Waals surface area contributed by atoms with Crippen LogP contribution in [0.2, 0.25) is 0 Å². The molecule has 0 aliphatic heterocycles. The Bertz CT molecular complexity index is 3730. The molecule has 60 heavy (non-hydrogen) atoms. The van der Waals surface area contributed by atoms with Crippen molar-refractivity contribution in [3.8, 4) is 46.7 Å². The van der Waals surface area contributed by atoms with Crippen molar-refractivity contribution in [2.24, 2.45) is 0 Å². The number of rotatable bonds is 4. The van der Waals surface area contributed by atoms with E-state index < -0.39 is 0 Å². The third-order valence-electron chi connectivity index (χ3n) is 11.1. The molecule has 0 bridgehead atoms. The van der Waals surface area contributed by atoms with Crippen molar-refractivity contribution < 1.29 is 0 Å². The Morgan fingerprint density at radius 3 is 1.67 bits per heavy atom. The fourth-order valence-electron chi connectivity index (χ4n) is 8.65. The third kappa shape index (κ3) is 4.96. The average Bonchev–Trinajstić information content (AvgIpc) is 3.79. The first-order valence-electron chi connectivity index (χ1n) is 18.9. The number of nitriles is 4. The van der Waals surface area contributed by atoms with E-state index in [0.29, 0.717) is 50.2 Å². The Balaban J connectivity index is 1.54. The van der Waals surface area contributed by atoms with Gasteiger partial charge in [-0.1, -0.05) is 91.0 Å². The first kappa shape index (κ1) is 34.1. The van der Waals surface area contributed by atoms with Crippen molar-refractivity contribution in [3.63, 3.8) is 0 Å². The summed E-state index contributed by atoms with van der Waals surface area (Å²) < 4.78 is 4.15. The molecule has 11 aromatic rings. The fourth-order valence-corrected chi connectivity index (χ4v) is 8.65. The molecule has 0 atom stereocenters. The highest BCUT2D eigenvalue weighted by Gasteiger charge is 2.26. The number of aromatic nitrogens is 6. The lowest BCUT2D eigenvalue weighted by Gasteiger charge is -2.13. The van der Waals surface area contributed by atoms with Gasteiger partial charge in [0.05, 0.1) is 69.5 Å². The average molecular weight is 765 g/mol. The van der Waals surface area contributed by atoms with Gasteiger partial charge in [0, 0.05) is 45.1 Å². The second-order valence-electron chi connectivity index (χ2n) is 14.4. The Labute approximate surface area is 340 Å². The Morgan fingerprint density at radius 1 is 0.483 bits per heavy atom. The molecule has 0 fully saturated rings. The molecular weight excluding hydrogens is 741 g/mol. The standard InChI is InChI=1S/C50H24N10/c51-24-29-18-30(25-52)21-35(20-29)42(36-22-31(26-53)19-32(23-36)27-54)50-59-46-38(12-7-13-40(46)44-48(59)56-17-16-55-44)39-15-14-37(33-8-3-1-4-9-33)43-45-49(60(50)47(39)43)57-28-41(58-45)34-10-5-2-6-11-34/h1-23,28H. The van der Waals surface area contributed by atoms with Gasteiger partial charge in [-0.25, -0.2) is 15.0 Å². The molecule has 0 saturated carbocycles. The highest BCUT2D eigenvalue weighted by Crippen LogP contribution is 2.41. The van der Waals surface area contributed by atoms with Crippen LogP contribution in [0.25, 0.3) is 82.9 Å². The lowest BCUT2D eigenvalue weighted by molar-refractivity contribution is 0.997. The molecule has 5 heterocycles. The van der Waals surface area contributed by atoms with Crippen LogP contribution >= 0.6 is 0 Å². The summed E-state index contributed by atoms with van der Waals surface area (Å²) in [6, 6.07) is 49.4. The second-order valence-corrected chi connectivity index (χ2v) is 14.4. The normalized spacial score (nSPS) is 11.3. The van der Waals surface area contributed by atoms with E-state index in [1.807, 2.05) is 60.7 Å². The van der Waals surface area contributed by atoms with Crippen molar-refractivity contribution in [2.75, 3.05) is 0 Å². The monoisotopic (exact) mass is 764 g/mol. The number of hydrogen-bond acceptors (Lipinski definition) is 8. The van der Waals surface area contributed by atoms with E-state index >= 15 is 0 Å². The van der Waals surface area contributed by atoms with Gasteiger partial charge in [-0.2, -0.15) is 21.0 Å². The molecule has 0 amide bonds. The van der Waals surface area contributed by atoms with Gasteiger partial charge in [-0.15, -0.1) is 0 Å². The van der Waals surface area contributed by atoms with Gasteiger partial charge in [0.2, 0.25) is 0 Å². The van der Waals surface area contributed by atoms with Gasteiger partial charge in [0.15, 0.2) is 11.3 Å². The number of benzene rings is 6. The van der Waals surface area contributed by atoms with Gasteiger partial charge < -0.3 is 0 Å². The van der Waals surface area contributed by atoms with Gasteiger partial charge >= 0.3 is 0 Å². The first-order chi connectivity index (χ1) is 29.6. The van der Waals surface area contributed by atoms with Crippen LogP contribution < -0.4 is 5.48 Å². The molecule has 0 radical (unpaired) electrons. The van der Waals surface area contributed by atoms with E-state index in [9.17, 15) is 21.0 Å². The molecule has 10 nitrogen and oxygen atoms in total. The molecule has 274 valence electrons. The smallest absolute Gasteiger partial charge is 0.165 e. The molecule has 0 unspecified atom stereocenters. The molecule has 0 aliphatic carbocycles. The summed E-state index contributed by atoms with van der Waals surface area (Å²) in [4.78, 5) is 20.5. The van der Waals surface area contributed by atoms with Gasteiger partial charge in [0.1, 0.15) is 16.5 Å². The minimum Gasteiger partial charge on any atom is -0.276 e. The minimum atomic E-state index is 0.261. The maximum Gasteiger partial charge on any atom is 0.165 e. The first-order valence-corrected chi connectivity index (χ1v) is 18.9. The Morgan fingerprint density at radius 2 is 1.03 bits per heavy atom. The number of nitrogens with zero attached hydrogens (tertiary/aromatic N) is 10. The molecule has 5 aromatic heterocycles. The maximum atomic E-state index is 10.3. The zero-order valence-electron chi connectivity index (χ0n) is 31.3. The molecule has 10 heteroatoms. The maximum absolute atomic E-state index is 10.3. The van der Waals surface area contributed by atoms with Crippen LogP contribution in [-0.2, 0) is 0 Å². The van der Waals surface area contributed by atoms with E-state index in [0.717, 1.165) is 49.3 Å². The zero-order valence-corrected chi connectivity index (χ0v) is 31.3. The van der Waals surface area contributed by atoms with E-state index in [4.69, 9.17) is 19.9 Å². The summed E-state index contributed by atoms with van der Waals surface area (Å²) in [5, 5.41) is 44.8. The van der Waals surface area contributed by atoms with Crippen LogP contribution in [0.1, 0.15) is 33.4 Å². The molecule has 6 aromatic carbocycles. The molecule has 0 saturated heterocycles. The fraction of sp³-hybridized carbons (Fsp3) is 0. The summed E-state index contributed by atoms with van der Waals surface area (Å²) in [6.07, 6.45) is 5.09. The topological polar surface area (TPSA) is 156 Å². The van der Waals surface area contributed by atoms with E-state index in [2.05, 4.69) is 63.4 Å². The SMILES string of the molecule is N#Cc1cc(C#N)cc(C(c2cc(C#N)cc(C#N)c2)=c2n3c4nccnc4c4cccc(c5ccc(-c6ccccc6)c6c7nc(-c8ccccc8)cnc7n2c56)c43)c1. The Hall–Kier alpha value is -9.22. The highest BCUT2D eigenvalue weighted by molar-refractivity contribution is 6.25. The number of para-hydroxylation sites is 1. The third-order valence-corrected chi connectivity index (χ3v) is 11.1. The predicted octanol–water partition coefficient (Wildman–Crippen LogP) is 9.17. The second kappa shape index (κ2) is 13.2. The predicted molar refractivity (Wildman–Crippen MR) is 229 cm³/mol. The van der Waals surface area contributed by atoms with Crippen LogP contribution in [-0.4, -0.2) is 28.7 Å². The highest BCUT2D eigenvalue weighted by atomic mass is 15.1. The van der Waals surface area contributed by atoms with Crippen molar-refractivity contribution in [1.29, 1.82) is 21.0 Å². The quantitative estimate of drug-likeness (QED) is 0.172. The Kier molecular flexibility index (Phi) is 7.49. The van der Waals surface area contributed by atoms with E-state index in [-0.39, 0.29) is 22.3 Å². The van der Waals surface area contributed by atoms with Crippen LogP contribution in [0.3, 0.4) is 0 Å². The molecule has 0 N–H and O–H groups in total. The summed E-state index contributed by atoms with van der Waals surface area (Å²) in [5.74, 6) is 0. The van der Waals surface area contributed by atoms with E-state index in [1.165, 1.54) is 12.1 Å². The molecule has 11 rings (SSSR count). The lowest BCUT2D eigenvalue weighted by atomic mass is 9.93. The van der Waals surface area contributed by atoms with Crippen molar-refractivity contribution in [3.05, 3.63) is 185 Å². The van der Waals surface area contributed by atoms with Crippen molar-refractivity contribution in [1.82, 2.24) is 28.7 Å². The lowest BCUT2D eigenvalue weighted by Crippen LogP contribution is -2.25. The van der Waals surface area contributed by atoms with Gasteiger partial charge in [0.25, 0.3) is 0 Å². The summed E-state index contributed by atoms with van der Waals surface area (Å²) >= 11 is 0. The summed E-state index contributed by atoms with van der Waals surface area (Å²) in [7, 11) is 0. The number of hydrogen-bond donors (Lipinski definition) is 0. The van der Waals surface area contributed by atoms with Gasteiger partial charge in [-0.3, -0.25) is 13.8 Å². The van der Waals surface area contributed by atoms with Crippen LogP contribution in [0.5, 0.6) is 0 Å². The van der Waals surface area contributed by atoms with Crippen LogP contribution in [0, 0.1) is 45.3 Å². The number of fused-ring (bicyclic) bond motifs is 7.